The lowest BCUT2D eigenvalue weighted by atomic mass is 9.83. The van der Waals surface area contributed by atoms with Crippen molar-refractivity contribution in [1.82, 2.24) is 4.90 Å². The highest BCUT2D eigenvalue weighted by Gasteiger charge is 2.34. The van der Waals surface area contributed by atoms with Crippen LogP contribution >= 0.6 is 0 Å². The number of carbonyl (C=O) groups is 1. The molecule has 1 amide bonds. The van der Waals surface area contributed by atoms with E-state index in [2.05, 4.69) is 11.8 Å². The number of amides is 1. The first-order chi connectivity index (χ1) is 8.24. The molecule has 2 fully saturated rings. The van der Waals surface area contributed by atoms with E-state index in [0.29, 0.717) is 11.9 Å². The van der Waals surface area contributed by atoms with Crippen LogP contribution in [0.2, 0.25) is 0 Å². The highest BCUT2D eigenvalue weighted by molar-refractivity contribution is 5.80. The van der Waals surface area contributed by atoms with Crippen molar-refractivity contribution in [3.05, 3.63) is 0 Å². The van der Waals surface area contributed by atoms with Crippen LogP contribution in [0.4, 0.5) is 0 Å². The molecule has 2 N–H and O–H groups in total. The number of likely N-dealkylation sites (tertiary alicyclic amines) is 1. The fourth-order valence-electron chi connectivity index (χ4n) is 3.39. The molecule has 98 valence electrons. The third-order valence-corrected chi connectivity index (χ3v) is 4.52. The quantitative estimate of drug-likeness (QED) is 0.802. The topological polar surface area (TPSA) is 46.3 Å². The maximum atomic E-state index is 12.6. The number of nitrogens with zero attached hydrogens (tertiary/aromatic N) is 1. The van der Waals surface area contributed by atoms with Crippen LogP contribution in [-0.4, -0.2) is 29.4 Å². The summed E-state index contributed by atoms with van der Waals surface area (Å²) in [4.78, 5) is 14.7. The lowest BCUT2D eigenvalue weighted by Crippen LogP contribution is -2.51. The van der Waals surface area contributed by atoms with Crippen molar-refractivity contribution in [1.29, 1.82) is 0 Å². The summed E-state index contributed by atoms with van der Waals surface area (Å²) in [6, 6.07) is 0.584. The average Bonchev–Trinajstić information content (AvgIpc) is 2.38. The fourth-order valence-corrected chi connectivity index (χ4v) is 3.39. The van der Waals surface area contributed by atoms with Gasteiger partial charge < -0.3 is 10.6 Å². The minimum absolute atomic E-state index is 0.107. The standard InChI is InChI=1S/C14H26N2O/c1-2-11-7-5-6-10-16(11)14(17)12-8-3-4-9-13(12)15/h11-13H,2-10,15H2,1H3. The Hall–Kier alpha value is -0.570. The smallest absolute Gasteiger partial charge is 0.227 e. The van der Waals surface area contributed by atoms with Gasteiger partial charge in [-0.1, -0.05) is 19.8 Å². The molecule has 0 aromatic heterocycles. The van der Waals surface area contributed by atoms with Crippen LogP contribution in [0.15, 0.2) is 0 Å². The van der Waals surface area contributed by atoms with Gasteiger partial charge in [-0.3, -0.25) is 4.79 Å². The Kier molecular flexibility index (Phi) is 4.43. The van der Waals surface area contributed by atoms with Crippen molar-refractivity contribution >= 4 is 5.91 Å². The van der Waals surface area contributed by atoms with Crippen molar-refractivity contribution in [3.63, 3.8) is 0 Å². The summed E-state index contributed by atoms with van der Waals surface area (Å²) in [5, 5.41) is 0. The van der Waals surface area contributed by atoms with Crippen LogP contribution in [0.25, 0.3) is 0 Å². The maximum Gasteiger partial charge on any atom is 0.227 e. The van der Waals surface area contributed by atoms with Crippen LogP contribution in [-0.2, 0) is 4.79 Å². The van der Waals surface area contributed by atoms with Gasteiger partial charge in [0.05, 0.1) is 5.92 Å². The number of hydrogen-bond acceptors (Lipinski definition) is 2. The van der Waals surface area contributed by atoms with E-state index in [0.717, 1.165) is 25.8 Å². The Morgan fingerprint density at radius 1 is 1.18 bits per heavy atom. The predicted octanol–water partition coefficient (Wildman–Crippen LogP) is 2.29. The Balaban J connectivity index is 2.01. The molecule has 17 heavy (non-hydrogen) atoms. The van der Waals surface area contributed by atoms with Crippen molar-refractivity contribution in [2.24, 2.45) is 11.7 Å². The van der Waals surface area contributed by atoms with Gasteiger partial charge in [0, 0.05) is 18.6 Å². The molecule has 3 atom stereocenters. The molecule has 1 saturated heterocycles. The van der Waals surface area contributed by atoms with E-state index < -0.39 is 0 Å². The van der Waals surface area contributed by atoms with Crippen LogP contribution in [0.5, 0.6) is 0 Å². The molecular weight excluding hydrogens is 212 g/mol. The van der Waals surface area contributed by atoms with Crippen LogP contribution in [0.1, 0.15) is 58.3 Å². The summed E-state index contributed by atoms with van der Waals surface area (Å²) in [5.41, 5.74) is 6.13. The van der Waals surface area contributed by atoms with Crippen LogP contribution in [0.3, 0.4) is 0 Å². The first kappa shape index (κ1) is 12.9. The second kappa shape index (κ2) is 5.85. The third-order valence-electron chi connectivity index (χ3n) is 4.52. The molecule has 3 nitrogen and oxygen atoms in total. The molecule has 0 radical (unpaired) electrons. The monoisotopic (exact) mass is 238 g/mol. The summed E-state index contributed by atoms with van der Waals surface area (Å²) in [6.07, 6.45) is 9.13. The number of rotatable bonds is 2. The van der Waals surface area contributed by atoms with Gasteiger partial charge in [0.1, 0.15) is 0 Å². The van der Waals surface area contributed by atoms with Gasteiger partial charge in [-0.25, -0.2) is 0 Å². The molecule has 2 rings (SSSR count). The Bertz CT molecular complexity index is 267. The van der Waals surface area contributed by atoms with E-state index >= 15 is 0 Å². The van der Waals surface area contributed by atoms with Gasteiger partial charge in [-0.05, 0) is 38.5 Å². The van der Waals surface area contributed by atoms with Gasteiger partial charge in [0.15, 0.2) is 0 Å². The van der Waals surface area contributed by atoms with Crippen molar-refractivity contribution < 1.29 is 4.79 Å². The molecule has 3 heteroatoms. The minimum Gasteiger partial charge on any atom is -0.339 e. The number of carbonyl (C=O) groups excluding carboxylic acids is 1. The van der Waals surface area contributed by atoms with E-state index in [1.54, 1.807) is 0 Å². The summed E-state index contributed by atoms with van der Waals surface area (Å²) >= 11 is 0. The van der Waals surface area contributed by atoms with E-state index in [1.807, 2.05) is 0 Å². The fraction of sp³-hybridized carbons (Fsp3) is 0.929. The number of nitrogens with two attached hydrogens (primary N) is 1. The zero-order valence-electron chi connectivity index (χ0n) is 11.0. The molecule has 1 heterocycles. The highest BCUT2D eigenvalue weighted by Crippen LogP contribution is 2.28. The Morgan fingerprint density at radius 2 is 1.88 bits per heavy atom. The van der Waals surface area contributed by atoms with Crippen molar-refractivity contribution in [2.75, 3.05) is 6.54 Å². The zero-order chi connectivity index (χ0) is 12.3. The Morgan fingerprint density at radius 3 is 2.59 bits per heavy atom. The lowest BCUT2D eigenvalue weighted by molar-refractivity contribution is -0.141. The highest BCUT2D eigenvalue weighted by atomic mass is 16.2. The summed E-state index contributed by atoms with van der Waals surface area (Å²) in [7, 11) is 0. The van der Waals surface area contributed by atoms with Crippen molar-refractivity contribution in [2.45, 2.75) is 70.4 Å². The molecule has 0 bridgehead atoms. The summed E-state index contributed by atoms with van der Waals surface area (Å²) in [5.74, 6) is 0.458. The lowest BCUT2D eigenvalue weighted by Gasteiger charge is -2.39. The molecule has 1 aliphatic heterocycles. The van der Waals surface area contributed by atoms with Gasteiger partial charge in [-0.15, -0.1) is 0 Å². The normalized spacial score (nSPS) is 34.7. The van der Waals surface area contributed by atoms with E-state index in [4.69, 9.17) is 5.73 Å². The minimum atomic E-state index is 0.107. The maximum absolute atomic E-state index is 12.6. The van der Waals surface area contributed by atoms with Crippen LogP contribution < -0.4 is 5.73 Å². The summed E-state index contributed by atoms with van der Waals surface area (Å²) < 4.78 is 0. The number of piperidine rings is 1. The second-order valence-corrected chi connectivity index (χ2v) is 5.64. The van der Waals surface area contributed by atoms with E-state index in [9.17, 15) is 4.79 Å². The van der Waals surface area contributed by atoms with Gasteiger partial charge >= 0.3 is 0 Å². The van der Waals surface area contributed by atoms with Crippen LogP contribution in [0, 0.1) is 5.92 Å². The average molecular weight is 238 g/mol. The van der Waals surface area contributed by atoms with Crippen molar-refractivity contribution in [3.8, 4) is 0 Å². The molecule has 0 spiro atoms. The largest absolute Gasteiger partial charge is 0.339 e. The van der Waals surface area contributed by atoms with E-state index in [1.165, 1.54) is 32.1 Å². The predicted molar refractivity (Wildman–Crippen MR) is 69.6 cm³/mol. The first-order valence-corrected chi connectivity index (χ1v) is 7.30. The number of hydrogen-bond donors (Lipinski definition) is 1. The summed E-state index contributed by atoms with van der Waals surface area (Å²) in [6.45, 7) is 3.15. The van der Waals surface area contributed by atoms with Gasteiger partial charge in [-0.2, -0.15) is 0 Å². The molecule has 3 unspecified atom stereocenters. The third kappa shape index (κ3) is 2.82. The molecule has 1 aliphatic carbocycles. The molecule has 0 aromatic carbocycles. The molecular formula is C14H26N2O. The molecule has 2 aliphatic rings. The zero-order valence-corrected chi connectivity index (χ0v) is 11.0. The molecule has 0 aromatic rings. The van der Waals surface area contributed by atoms with Gasteiger partial charge in [0.2, 0.25) is 5.91 Å². The Labute approximate surface area is 105 Å². The SMILES string of the molecule is CCC1CCCCN1C(=O)C1CCCCC1N. The molecule has 1 saturated carbocycles. The van der Waals surface area contributed by atoms with E-state index in [-0.39, 0.29) is 12.0 Å². The first-order valence-electron chi connectivity index (χ1n) is 7.30. The van der Waals surface area contributed by atoms with Gasteiger partial charge in [0.25, 0.3) is 0 Å². The second-order valence-electron chi connectivity index (χ2n) is 5.64.